The number of aromatic nitrogens is 3. The van der Waals surface area contributed by atoms with Gasteiger partial charge in [0.25, 0.3) is 5.91 Å². The molecule has 0 unspecified atom stereocenters. The zero-order chi connectivity index (χ0) is 17.2. The molecule has 2 aromatic heterocycles. The highest BCUT2D eigenvalue weighted by Gasteiger charge is 2.19. The Kier molecular flexibility index (Phi) is 4.02. The van der Waals surface area contributed by atoms with Gasteiger partial charge >= 0.3 is 0 Å². The second-order valence-corrected chi connectivity index (χ2v) is 6.18. The van der Waals surface area contributed by atoms with Crippen LogP contribution in [-0.4, -0.2) is 41.1 Å². The van der Waals surface area contributed by atoms with Gasteiger partial charge in [-0.05, 0) is 18.2 Å². The quantitative estimate of drug-likeness (QED) is 0.720. The number of fused-ring (bicyclic) bond motifs is 1. The van der Waals surface area contributed by atoms with Gasteiger partial charge in [0.05, 0.1) is 6.20 Å². The first-order valence-corrected chi connectivity index (χ1v) is 8.50. The van der Waals surface area contributed by atoms with E-state index >= 15 is 0 Å². The molecule has 1 aliphatic rings. The third-order valence-electron chi connectivity index (χ3n) is 3.71. The summed E-state index contributed by atoms with van der Waals surface area (Å²) >= 11 is 1.40. The Morgan fingerprint density at radius 2 is 2.04 bits per heavy atom. The maximum Gasteiger partial charge on any atom is 0.278 e. The molecular formula is C17H14N4O3S. The van der Waals surface area contributed by atoms with Gasteiger partial charge in [-0.3, -0.25) is 14.7 Å². The lowest BCUT2D eigenvalue weighted by Gasteiger charge is -2.18. The van der Waals surface area contributed by atoms with Crippen molar-refractivity contribution < 1.29 is 14.3 Å². The Morgan fingerprint density at radius 1 is 1.20 bits per heavy atom. The van der Waals surface area contributed by atoms with Gasteiger partial charge in [-0.15, -0.1) is 11.3 Å². The van der Waals surface area contributed by atoms with Gasteiger partial charge in [-0.2, -0.15) is 0 Å². The first-order valence-electron chi connectivity index (χ1n) is 7.62. The maximum absolute atomic E-state index is 12.6. The van der Waals surface area contributed by atoms with E-state index in [9.17, 15) is 4.79 Å². The van der Waals surface area contributed by atoms with Crippen LogP contribution in [-0.2, 0) is 0 Å². The van der Waals surface area contributed by atoms with E-state index < -0.39 is 0 Å². The predicted octanol–water partition coefficient (Wildman–Crippen LogP) is 2.65. The van der Waals surface area contributed by atoms with Gasteiger partial charge in [-0.1, -0.05) is 0 Å². The zero-order valence-corrected chi connectivity index (χ0v) is 14.2. The van der Waals surface area contributed by atoms with E-state index in [4.69, 9.17) is 9.47 Å². The number of amides is 1. The van der Waals surface area contributed by atoms with Crippen LogP contribution in [0.1, 0.15) is 10.5 Å². The summed E-state index contributed by atoms with van der Waals surface area (Å²) in [5.74, 6) is 1.66. The van der Waals surface area contributed by atoms with Crippen molar-refractivity contribution in [2.24, 2.45) is 0 Å². The second kappa shape index (κ2) is 6.48. The molecule has 0 bridgehead atoms. The van der Waals surface area contributed by atoms with Crippen molar-refractivity contribution >= 4 is 23.1 Å². The Bertz CT molecular complexity index is 913. The minimum absolute atomic E-state index is 0.236. The average molecular weight is 354 g/mol. The summed E-state index contributed by atoms with van der Waals surface area (Å²) in [6, 6.07) is 5.65. The lowest BCUT2D eigenvalue weighted by molar-refractivity contribution is 0.0988. The normalized spacial score (nSPS) is 12.7. The second-order valence-electron chi connectivity index (χ2n) is 5.32. The lowest BCUT2D eigenvalue weighted by atomic mass is 10.2. The minimum Gasteiger partial charge on any atom is -0.486 e. The van der Waals surface area contributed by atoms with Gasteiger partial charge in [0.2, 0.25) is 0 Å². The standard InChI is InChI=1S/C17H14N4O3S/c1-21(15-9-18-4-5-19-15)17(22)12-10-25-16(20-12)11-2-3-13-14(8-11)24-7-6-23-13/h2-5,8-10H,6-7H2,1H3. The molecule has 4 rings (SSSR count). The van der Waals surface area contributed by atoms with Crippen molar-refractivity contribution in [1.82, 2.24) is 15.0 Å². The van der Waals surface area contributed by atoms with E-state index in [0.717, 1.165) is 16.3 Å². The van der Waals surface area contributed by atoms with Crippen LogP contribution < -0.4 is 14.4 Å². The molecule has 1 aliphatic heterocycles. The number of carbonyl (C=O) groups excluding carboxylic acids is 1. The summed E-state index contributed by atoms with van der Waals surface area (Å²) in [4.78, 5) is 26.6. The Balaban J connectivity index is 1.59. The van der Waals surface area contributed by atoms with E-state index in [-0.39, 0.29) is 5.91 Å². The van der Waals surface area contributed by atoms with Gasteiger partial charge in [0, 0.05) is 30.4 Å². The summed E-state index contributed by atoms with van der Waals surface area (Å²) in [6.07, 6.45) is 4.64. The largest absolute Gasteiger partial charge is 0.486 e. The highest BCUT2D eigenvalue weighted by Crippen LogP contribution is 2.35. The van der Waals surface area contributed by atoms with Crippen molar-refractivity contribution in [3.63, 3.8) is 0 Å². The number of nitrogens with zero attached hydrogens (tertiary/aromatic N) is 4. The number of ether oxygens (including phenoxy) is 2. The van der Waals surface area contributed by atoms with Crippen LogP contribution in [0.4, 0.5) is 5.82 Å². The van der Waals surface area contributed by atoms with E-state index in [1.807, 2.05) is 18.2 Å². The fourth-order valence-corrected chi connectivity index (χ4v) is 3.21. The number of benzene rings is 1. The Hall–Kier alpha value is -3.00. The summed E-state index contributed by atoms with van der Waals surface area (Å²) in [5, 5.41) is 2.48. The van der Waals surface area contributed by atoms with Gasteiger partial charge < -0.3 is 9.47 Å². The molecule has 8 heteroatoms. The van der Waals surface area contributed by atoms with E-state index in [1.165, 1.54) is 22.4 Å². The molecular weight excluding hydrogens is 340 g/mol. The molecule has 7 nitrogen and oxygen atoms in total. The molecule has 0 atom stereocenters. The molecule has 25 heavy (non-hydrogen) atoms. The predicted molar refractivity (Wildman–Crippen MR) is 93.3 cm³/mol. The molecule has 0 saturated carbocycles. The lowest BCUT2D eigenvalue weighted by Crippen LogP contribution is -2.27. The molecule has 1 aromatic carbocycles. The third kappa shape index (κ3) is 3.03. The van der Waals surface area contributed by atoms with E-state index in [1.54, 1.807) is 24.8 Å². The Labute approximate surface area is 147 Å². The molecule has 0 aliphatic carbocycles. The number of thiazole rings is 1. The number of rotatable bonds is 3. The van der Waals surface area contributed by atoms with Crippen LogP contribution in [0, 0.1) is 0 Å². The molecule has 0 spiro atoms. The fourth-order valence-electron chi connectivity index (χ4n) is 2.42. The summed E-state index contributed by atoms with van der Waals surface area (Å²) < 4.78 is 11.1. The zero-order valence-electron chi connectivity index (χ0n) is 13.4. The maximum atomic E-state index is 12.6. The van der Waals surface area contributed by atoms with Crippen LogP contribution in [0.5, 0.6) is 11.5 Å². The molecule has 0 saturated heterocycles. The van der Waals surface area contributed by atoms with Gasteiger partial charge in [-0.25, -0.2) is 9.97 Å². The molecule has 0 N–H and O–H groups in total. The van der Waals surface area contributed by atoms with Crippen molar-refractivity contribution in [2.45, 2.75) is 0 Å². The third-order valence-corrected chi connectivity index (χ3v) is 4.60. The summed E-state index contributed by atoms with van der Waals surface area (Å²) in [5.41, 5.74) is 1.25. The monoisotopic (exact) mass is 354 g/mol. The molecule has 0 fully saturated rings. The summed E-state index contributed by atoms with van der Waals surface area (Å²) in [7, 11) is 1.65. The summed E-state index contributed by atoms with van der Waals surface area (Å²) in [6.45, 7) is 1.08. The van der Waals surface area contributed by atoms with Gasteiger partial charge in [0.1, 0.15) is 23.9 Å². The minimum atomic E-state index is -0.236. The molecule has 1 amide bonds. The molecule has 3 aromatic rings. The highest BCUT2D eigenvalue weighted by atomic mass is 32.1. The van der Waals surface area contributed by atoms with E-state index in [0.29, 0.717) is 30.5 Å². The SMILES string of the molecule is CN(C(=O)c1csc(-c2ccc3c(c2)OCCO3)n1)c1cnccn1. The number of carbonyl (C=O) groups is 1. The first-order chi connectivity index (χ1) is 12.2. The topological polar surface area (TPSA) is 77.4 Å². The fraction of sp³-hybridized carbons (Fsp3) is 0.176. The molecule has 3 heterocycles. The smallest absolute Gasteiger partial charge is 0.278 e. The highest BCUT2D eigenvalue weighted by molar-refractivity contribution is 7.13. The number of anilines is 1. The van der Waals surface area contributed by atoms with Crippen molar-refractivity contribution in [3.05, 3.63) is 47.9 Å². The van der Waals surface area contributed by atoms with Crippen LogP contribution in [0.25, 0.3) is 10.6 Å². The van der Waals surface area contributed by atoms with E-state index in [2.05, 4.69) is 15.0 Å². The molecule has 126 valence electrons. The van der Waals surface area contributed by atoms with Crippen LogP contribution in [0.2, 0.25) is 0 Å². The van der Waals surface area contributed by atoms with Crippen molar-refractivity contribution in [3.8, 4) is 22.1 Å². The van der Waals surface area contributed by atoms with Crippen molar-refractivity contribution in [1.29, 1.82) is 0 Å². The first kappa shape index (κ1) is 15.5. The van der Waals surface area contributed by atoms with Gasteiger partial charge in [0.15, 0.2) is 17.3 Å². The number of hydrogen-bond donors (Lipinski definition) is 0. The molecule has 0 radical (unpaired) electrons. The van der Waals surface area contributed by atoms with Crippen LogP contribution in [0.15, 0.2) is 42.2 Å². The number of hydrogen-bond acceptors (Lipinski definition) is 7. The Morgan fingerprint density at radius 3 is 2.84 bits per heavy atom. The van der Waals surface area contributed by atoms with Crippen LogP contribution in [0.3, 0.4) is 0 Å². The van der Waals surface area contributed by atoms with Crippen LogP contribution >= 0.6 is 11.3 Å². The van der Waals surface area contributed by atoms with Crippen molar-refractivity contribution in [2.75, 3.05) is 25.2 Å². The average Bonchev–Trinajstić information content (AvgIpc) is 3.17.